The van der Waals surface area contributed by atoms with E-state index in [1.807, 2.05) is 18.2 Å². The Labute approximate surface area is 114 Å². The molecule has 0 aliphatic heterocycles. The molecule has 1 saturated carbocycles. The van der Waals surface area contributed by atoms with Crippen LogP contribution in [0.4, 0.5) is 11.4 Å². The fraction of sp³-hybridized carbons (Fsp3) is 0.438. The first kappa shape index (κ1) is 12.3. The first-order valence-corrected chi connectivity index (χ1v) is 7.17. The molecule has 1 heterocycles. The normalized spacial score (nSPS) is 16.5. The number of nitrogen functional groups attached to an aromatic ring is 1. The van der Waals surface area contributed by atoms with Gasteiger partial charge in [0.25, 0.3) is 0 Å². The Morgan fingerprint density at radius 1 is 1.37 bits per heavy atom. The Hall–Kier alpha value is -1.77. The van der Waals surface area contributed by atoms with Crippen molar-refractivity contribution in [1.29, 1.82) is 0 Å². The molecule has 3 nitrogen and oxygen atoms in total. The summed E-state index contributed by atoms with van der Waals surface area (Å²) in [5, 5.41) is 4.77. The zero-order valence-electron chi connectivity index (χ0n) is 11.4. The minimum absolute atomic E-state index is 0.514. The van der Waals surface area contributed by atoms with Crippen LogP contribution < -0.4 is 11.1 Å². The van der Waals surface area contributed by atoms with Crippen LogP contribution in [0.15, 0.2) is 30.5 Å². The van der Waals surface area contributed by atoms with Crippen molar-refractivity contribution in [2.75, 3.05) is 11.1 Å². The van der Waals surface area contributed by atoms with E-state index in [1.54, 1.807) is 6.20 Å². The van der Waals surface area contributed by atoms with Crippen LogP contribution in [0.5, 0.6) is 0 Å². The predicted octanol–water partition coefficient (Wildman–Crippen LogP) is 3.81. The molecule has 1 aliphatic carbocycles. The van der Waals surface area contributed by atoms with Crippen molar-refractivity contribution in [3.05, 3.63) is 30.5 Å². The van der Waals surface area contributed by atoms with Gasteiger partial charge in [0, 0.05) is 11.4 Å². The third-order valence-corrected chi connectivity index (χ3v) is 3.96. The maximum Gasteiger partial charge on any atom is 0.0743 e. The Morgan fingerprint density at radius 2 is 2.16 bits per heavy atom. The standard InChI is InChI=1S/C16H21N3/c1-2-12(9-11-7-8-11)19-16-13-5-3-4-6-15(13)18-10-14(16)17/h3-6,10-12H,2,7-9,17H2,1H3,(H,18,19). The summed E-state index contributed by atoms with van der Waals surface area (Å²) in [7, 11) is 0. The fourth-order valence-electron chi connectivity index (χ4n) is 2.61. The number of rotatable bonds is 5. The molecule has 3 N–H and O–H groups in total. The summed E-state index contributed by atoms with van der Waals surface area (Å²) in [4.78, 5) is 4.38. The van der Waals surface area contributed by atoms with Crippen LogP contribution >= 0.6 is 0 Å². The molecule has 0 radical (unpaired) electrons. The minimum Gasteiger partial charge on any atom is -0.396 e. The van der Waals surface area contributed by atoms with Gasteiger partial charge in [-0.15, -0.1) is 0 Å². The molecule has 3 heteroatoms. The van der Waals surface area contributed by atoms with Gasteiger partial charge < -0.3 is 11.1 Å². The molecule has 0 bridgehead atoms. The van der Waals surface area contributed by atoms with Gasteiger partial charge in [-0.2, -0.15) is 0 Å². The SMILES string of the molecule is CCC(CC1CC1)Nc1c(N)cnc2ccccc12. The molecule has 1 unspecified atom stereocenters. The van der Waals surface area contributed by atoms with Gasteiger partial charge in [-0.05, 0) is 24.8 Å². The highest BCUT2D eigenvalue weighted by Crippen LogP contribution is 2.36. The van der Waals surface area contributed by atoms with E-state index in [4.69, 9.17) is 5.73 Å². The Bertz CT molecular complexity index is 575. The van der Waals surface area contributed by atoms with Crippen LogP contribution in [-0.4, -0.2) is 11.0 Å². The van der Waals surface area contributed by atoms with Gasteiger partial charge in [0.05, 0.1) is 23.1 Å². The number of nitrogens with zero attached hydrogens (tertiary/aromatic N) is 1. The van der Waals surface area contributed by atoms with Gasteiger partial charge >= 0.3 is 0 Å². The molecule has 1 aliphatic rings. The van der Waals surface area contributed by atoms with E-state index in [0.717, 1.165) is 34.6 Å². The lowest BCUT2D eigenvalue weighted by atomic mass is 10.1. The summed E-state index contributed by atoms with van der Waals surface area (Å²) in [5.74, 6) is 0.923. The van der Waals surface area contributed by atoms with Crippen LogP contribution in [0.3, 0.4) is 0 Å². The van der Waals surface area contributed by atoms with Gasteiger partial charge in [0.15, 0.2) is 0 Å². The van der Waals surface area contributed by atoms with E-state index >= 15 is 0 Å². The quantitative estimate of drug-likeness (QED) is 0.854. The number of benzene rings is 1. The van der Waals surface area contributed by atoms with Gasteiger partial charge in [0.2, 0.25) is 0 Å². The molecule has 100 valence electrons. The molecular weight excluding hydrogens is 234 g/mol. The number of hydrogen-bond acceptors (Lipinski definition) is 3. The minimum atomic E-state index is 0.514. The van der Waals surface area contributed by atoms with Crippen LogP contribution in [0.1, 0.15) is 32.6 Å². The summed E-state index contributed by atoms with van der Waals surface area (Å²) in [5.41, 5.74) is 8.91. The van der Waals surface area contributed by atoms with Crippen molar-refractivity contribution in [3.8, 4) is 0 Å². The third kappa shape index (κ3) is 2.65. The number of anilines is 2. The molecule has 1 atom stereocenters. The zero-order chi connectivity index (χ0) is 13.2. The fourth-order valence-corrected chi connectivity index (χ4v) is 2.61. The van der Waals surface area contributed by atoms with E-state index in [0.29, 0.717) is 6.04 Å². The molecule has 0 saturated heterocycles. The molecule has 0 spiro atoms. The third-order valence-electron chi connectivity index (χ3n) is 3.96. The van der Waals surface area contributed by atoms with Crippen molar-refractivity contribution in [2.45, 2.75) is 38.6 Å². The number of aromatic nitrogens is 1. The van der Waals surface area contributed by atoms with Gasteiger partial charge in [-0.3, -0.25) is 4.98 Å². The van der Waals surface area contributed by atoms with Crippen LogP contribution in [0.2, 0.25) is 0 Å². The Kier molecular flexibility index (Phi) is 3.28. The van der Waals surface area contributed by atoms with Crippen LogP contribution in [-0.2, 0) is 0 Å². The monoisotopic (exact) mass is 255 g/mol. The maximum atomic E-state index is 6.11. The molecule has 2 aromatic rings. The molecule has 19 heavy (non-hydrogen) atoms. The van der Waals surface area contributed by atoms with Gasteiger partial charge in [0.1, 0.15) is 0 Å². The van der Waals surface area contributed by atoms with Crippen molar-refractivity contribution in [2.24, 2.45) is 5.92 Å². The second-order valence-corrected chi connectivity index (χ2v) is 5.53. The predicted molar refractivity (Wildman–Crippen MR) is 81.2 cm³/mol. The zero-order valence-corrected chi connectivity index (χ0v) is 11.4. The van der Waals surface area contributed by atoms with Crippen molar-refractivity contribution in [3.63, 3.8) is 0 Å². The summed E-state index contributed by atoms with van der Waals surface area (Å²) in [6.07, 6.45) is 6.93. The van der Waals surface area contributed by atoms with E-state index in [1.165, 1.54) is 19.3 Å². The first-order valence-electron chi connectivity index (χ1n) is 7.17. The van der Waals surface area contributed by atoms with Gasteiger partial charge in [-0.25, -0.2) is 0 Å². The number of nitrogens with two attached hydrogens (primary N) is 1. The van der Waals surface area contributed by atoms with Crippen molar-refractivity contribution < 1.29 is 0 Å². The lowest BCUT2D eigenvalue weighted by molar-refractivity contribution is 0.587. The van der Waals surface area contributed by atoms with E-state index in [-0.39, 0.29) is 0 Å². The highest BCUT2D eigenvalue weighted by atomic mass is 14.9. The van der Waals surface area contributed by atoms with Crippen LogP contribution in [0, 0.1) is 5.92 Å². The summed E-state index contributed by atoms with van der Waals surface area (Å²) in [6, 6.07) is 8.68. The second kappa shape index (κ2) is 5.08. The van der Waals surface area contributed by atoms with Crippen molar-refractivity contribution >= 4 is 22.3 Å². The number of nitrogens with one attached hydrogen (secondary N) is 1. The number of hydrogen-bond donors (Lipinski definition) is 2. The molecule has 3 rings (SSSR count). The number of pyridine rings is 1. The molecular formula is C16H21N3. The average molecular weight is 255 g/mol. The summed E-state index contributed by atoms with van der Waals surface area (Å²) >= 11 is 0. The molecule has 0 amide bonds. The highest BCUT2D eigenvalue weighted by molar-refractivity contribution is 5.96. The topological polar surface area (TPSA) is 50.9 Å². The lowest BCUT2D eigenvalue weighted by Gasteiger charge is -2.20. The van der Waals surface area contributed by atoms with Crippen LogP contribution in [0.25, 0.3) is 10.9 Å². The maximum absolute atomic E-state index is 6.11. The van der Waals surface area contributed by atoms with Gasteiger partial charge in [-0.1, -0.05) is 38.0 Å². The van der Waals surface area contributed by atoms with E-state index < -0.39 is 0 Å². The summed E-state index contributed by atoms with van der Waals surface area (Å²) < 4.78 is 0. The smallest absolute Gasteiger partial charge is 0.0743 e. The average Bonchev–Trinajstić information content (AvgIpc) is 3.25. The molecule has 1 aromatic carbocycles. The molecule has 1 fully saturated rings. The number of para-hydroxylation sites is 1. The lowest BCUT2D eigenvalue weighted by Crippen LogP contribution is -2.20. The van der Waals surface area contributed by atoms with E-state index in [9.17, 15) is 0 Å². The number of fused-ring (bicyclic) bond motifs is 1. The second-order valence-electron chi connectivity index (χ2n) is 5.53. The highest BCUT2D eigenvalue weighted by Gasteiger charge is 2.25. The molecule has 1 aromatic heterocycles. The van der Waals surface area contributed by atoms with Crippen molar-refractivity contribution in [1.82, 2.24) is 4.98 Å². The summed E-state index contributed by atoms with van der Waals surface area (Å²) in [6.45, 7) is 2.24. The Morgan fingerprint density at radius 3 is 2.89 bits per heavy atom. The Balaban J connectivity index is 1.91. The largest absolute Gasteiger partial charge is 0.396 e. The first-order chi connectivity index (χ1) is 9.28. The van der Waals surface area contributed by atoms with E-state index in [2.05, 4.69) is 23.3 Å².